The number of carbonyl (C=O) groups is 1. The van der Waals surface area contributed by atoms with Gasteiger partial charge in [-0.05, 0) is 37.0 Å². The van der Waals surface area contributed by atoms with Crippen LogP contribution in [0.15, 0.2) is 35.3 Å². The lowest BCUT2D eigenvalue weighted by Gasteiger charge is -2.38. The predicted octanol–water partition coefficient (Wildman–Crippen LogP) is 3.84. The average Bonchev–Trinajstić information content (AvgIpc) is 2.75. The van der Waals surface area contributed by atoms with Gasteiger partial charge in [-0.25, -0.2) is 18.0 Å². The molecule has 0 amide bonds. The molecule has 2 heterocycles. The number of rotatable bonds is 4. The molecule has 9 heteroatoms. The molecule has 2 atom stereocenters. The van der Waals surface area contributed by atoms with Gasteiger partial charge in [0.1, 0.15) is 23.0 Å². The van der Waals surface area contributed by atoms with Crippen molar-refractivity contribution in [3.8, 4) is 5.69 Å². The topological polar surface area (TPSA) is 88.6 Å². The summed E-state index contributed by atoms with van der Waals surface area (Å²) in [6, 6.07) is 3.86. The van der Waals surface area contributed by atoms with Gasteiger partial charge in [0.05, 0.1) is 22.3 Å². The normalized spacial score (nSPS) is 18.7. The van der Waals surface area contributed by atoms with Crippen molar-refractivity contribution in [2.24, 2.45) is 11.7 Å². The number of hydrogen-bond acceptors (Lipinski definition) is 4. The van der Waals surface area contributed by atoms with Crippen LogP contribution in [-0.4, -0.2) is 34.8 Å². The average molecular weight is 459 g/mol. The van der Waals surface area contributed by atoms with E-state index in [9.17, 15) is 23.5 Å². The molecule has 2 aromatic carbocycles. The summed E-state index contributed by atoms with van der Waals surface area (Å²) in [6.07, 6.45) is 1.95. The third kappa shape index (κ3) is 3.86. The van der Waals surface area contributed by atoms with Crippen LogP contribution >= 0.6 is 0 Å². The number of pyridine rings is 1. The Hall–Kier alpha value is -3.33. The van der Waals surface area contributed by atoms with Crippen molar-refractivity contribution in [1.82, 2.24) is 4.57 Å². The molecular weight excluding hydrogens is 435 g/mol. The molecule has 33 heavy (non-hydrogen) atoms. The first-order chi connectivity index (χ1) is 15.6. The monoisotopic (exact) mass is 459 g/mol. The Kier molecular flexibility index (Phi) is 5.92. The maximum atomic E-state index is 15.5. The van der Waals surface area contributed by atoms with E-state index < -0.39 is 34.4 Å². The smallest absolute Gasteiger partial charge is 0.341 e. The van der Waals surface area contributed by atoms with Crippen LogP contribution in [0.4, 0.5) is 18.9 Å². The summed E-state index contributed by atoms with van der Waals surface area (Å²) in [7, 11) is 0. The highest BCUT2D eigenvalue weighted by Gasteiger charge is 2.29. The van der Waals surface area contributed by atoms with E-state index in [2.05, 4.69) is 0 Å². The van der Waals surface area contributed by atoms with Crippen LogP contribution in [0.1, 0.15) is 36.2 Å². The third-order valence-electron chi connectivity index (χ3n) is 6.35. The Morgan fingerprint density at radius 2 is 1.94 bits per heavy atom. The first-order valence-corrected chi connectivity index (χ1v) is 10.7. The quantitative estimate of drug-likeness (QED) is 0.619. The van der Waals surface area contributed by atoms with Crippen LogP contribution in [0.3, 0.4) is 0 Å². The van der Waals surface area contributed by atoms with Gasteiger partial charge < -0.3 is 20.3 Å². The van der Waals surface area contributed by atoms with Crippen molar-refractivity contribution in [2.75, 3.05) is 18.0 Å². The van der Waals surface area contributed by atoms with E-state index in [1.54, 1.807) is 6.92 Å². The summed E-state index contributed by atoms with van der Waals surface area (Å²) in [5, 5.41) is 9.36. The number of benzene rings is 2. The van der Waals surface area contributed by atoms with Gasteiger partial charge in [0.2, 0.25) is 5.43 Å². The molecule has 0 aliphatic carbocycles. The van der Waals surface area contributed by atoms with Gasteiger partial charge in [-0.15, -0.1) is 0 Å². The molecule has 0 spiro atoms. The summed E-state index contributed by atoms with van der Waals surface area (Å²) < 4.78 is 45.0. The van der Waals surface area contributed by atoms with Crippen molar-refractivity contribution < 1.29 is 23.1 Å². The zero-order valence-electron chi connectivity index (χ0n) is 18.2. The molecule has 3 aromatic rings. The lowest BCUT2D eigenvalue weighted by molar-refractivity contribution is 0.0695. The highest BCUT2D eigenvalue weighted by atomic mass is 19.1. The summed E-state index contributed by atoms with van der Waals surface area (Å²) >= 11 is 0. The summed E-state index contributed by atoms with van der Waals surface area (Å²) in [4.78, 5) is 26.5. The Bertz CT molecular complexity index is 1320. The highest BCUT2D eigenvalue weighted by Crippen LogP contribution is 2.35. The summed E-state index contributed by atoms with van der Waals surface area (Å²) in [5.74, 6) is -3.83. The Labute approximate surface area is 188 Å². The van der Waals surface area contributed by atoms with E-state index in [0.29, 0.717) is 31.1 Å². The lowest BCUT2D eigenvalue weighted by atomic mass is 9.93. The molecule has 1 aromatic heterocycles. The van der Waals surface area contributed by atoms with Gasteiger partial charge in [-0.2, -0.15) is 0 Å². The number of anilines is 1. The molecule has 1 aliphatic heterocycles. The predicted molar refractivity (Wildman–Crippen MR) is 120 cm³/mol. The third-order valence-corrected chi connectivity index (χ3v) is 6.35. The van der Waals surface area contributed by atoms with Gasteiger partial charge in [0.25, 0.3) is 0 Å². The fourth-order valence-electron chi connectivity index (χ4n) is 4.59. The largest absolute Gasteiger partial charge is 0.477 e. The van der Waals surface area contributed by atoms with Crippen molar-refractivity contribution >= 4 is 22.6 Å². The van der Waals surface area contributed by atoms with Crippen molar-refractivity contribution in [3.63, 3.8) is 0 Å². The van der Waals surface area contributed by atoms with E-state index in [1.807, 2.05) is 11.8 Å². The van der Waals surface area contributed by atoms with Crippen LogP contribution in [0, 0.1) is 23.4 Å². The molecule has 0 saturated carbocycles. The zero-order valence-corrected chi connectivity index (χ0v) is 18.2. The molecule has 1 aliphatic rings. The molecule has 0 bridgehead atoms. The molecule has 1 saturated heterocycles. The molecule has 1 fully saturated rings. The number of hydrogen-bond donors (Lipinski definition) is 2. The molecule has 174 valence electrons. The second-order valence-electron chi connectivity index (χ2n) is 8.45. The first kappa shape index (κ1) is 22.8. The van der Waals surface area contributed by atoms with Gasteiger partial charge >= 0.3 is 5.97 Å². The van der Waals surface area contributed by atoms with Crippen molar-refractivity contribution in [2.45, 2.75) is 32.7 Å². The minimum atomic E-state index is -1.53. The van der Waals surface area contributed by atoms with Gasteiger partial charge in [0.15, 0.2) is 0 Å². The van der Waals surface area contributed by atoms with E-state index in [0.717, 1.165) is 24.4 Å². The SMILES string of the molecule is CCc1c(N2CC[C@@H](N)[C@@H](C)C2)c(F)cc2c(=O)c(C(=O)O)cn(-c3ccc(F)cc3F)c12. The molecular formula is C24H24F3N3O3. The standard InChI is InChI=1S/C24H24F3N3O3/c1-3-14-21-15(9-18(27)22(14)29-7-6-19(28)12(2)10-29)23(31)16(24(32)33)11-30(21)20-5-4-13(25)8-17(20)26/h4-5,8-9,11-12,19H,3,6-7,10,28H2,1-2H3,(H,32,33)/t12-,19+/m0/s1. The number of fused-ring (bicyclic) bond motifs is 1. The second-order valence-corrected chi connectivity index (χ2v) is 8.45. The molecule has 0 unspecified atom stereocenters. The number of piperidine rings is 1. The fourth-order valence-corrected chi connectivity index (χ4v) is 4.59. The minimum Gasteiger partial charge on any atom is -0.477 e. The number of nitrogens with zero attached hydrogens (tertiary/aromatic N) is 2. The molecule has 3 N–H and O–H groups in total. The Morgan fingerprint density at radius 1 is 1.21 bits per heavy atom. The number of carboxylic acid groups (broad SMARTS) is 1. The number of carboxylic acids is 1. The maximum Gasteiger partial charge on any atom is 0.341 e. The van der Waals surface area contributed by atoms with Crippen LogP contribution < -0.4 is 16.1 Å². The molecule has 4 rings (SSSR count). The van der Waals surface area contributed by atoms with E-state index in [4.69, 9.17) is 5.73 Å². The number of aromatic nitrogens is 1. The second kappa shape index (κ2) is 8.55. The zero-order chi connectivity index (χ0) is 24.0. The molecule has 0 radical (unpaired) electrons. The van der Waals surface area contributed by atoms with Crippen LogP contribution in [-0.2, 0) is 6.42 Å². The van der Waals surface area contributed by atoms with E-state index >= 15 is 4.39 Å². The fraction of sp³-hybridized carbons (Fsp3) is 0.333. The van der Waals surface area contributed by atoms with E-state index in [1.165, 1.54) is 4.57 Å². The van der Waals surface area contributed by atoms with Crippen molar-refractivity contribution in [3.05, 3.63) is 69.3 Å². The van der Waals surface area contributed by atoms with Gasteiger partial charge in [0, 0.05) is 37.0 Å². The number of nitrogens with two attached hydrogens (primary N) is 1. The Morgan fingerprint density at radius 3 is 2.55 bits per heavy atom. The number of aryl methyl sites for hydroxylation is 1. The highest BCUT2D eigenvalue weighted by molar-refractivity contribution is 5.96. The summed E-state index contributed by atoms with van der Waals surface area (Å²) in [5.41, 5.74) is 5.37. The minimum absolute atomic E-state index is 0.0144. The van der Waals surface area contributed by atoms with Crippen LogP contribution in [0.2, 0.25) is 0 Å². The van der Waals surface area contributed by atoms with Crippen molar-refractivity contribution in [1.29, 1.82) is 0 Å². The lowest BCUT2D eigenvalue weighted by Crippen LogP contribution is -2.46. The number of aromatic carboxylic acids is 1. The van der Waals surface area contributed by atoms with Gasteiger partial charge in [-0.1, -0.05) is 13.8 Å². The maximum absolute atomic E-state index is 15.5. The first-order valence-electron chi connectivity index (χ1n) is 10.7. The van der Waals surface area contributed by atoms with Crippen LogP contribution in [0.5, 0.6) is 0 Å². The Balaban J connectivity index is 2.10. The van der Waals surface area contributed by atoms with Gasteiger partial charge in [-0.3, -0.25) is 4.79 Å². The van der Waals surface area contributed by atoms with E-state index in [-0.39, 0.29) is 40.7 Å². The summed E-state index contributed by atoms with van der Waals surface area (Å²) in [6.45, 7) is 4.75. The molecule has 6 nitrogen and oxygen atoms in total. The van der Waals surface area contributed by atoms with Crippen LogP contribution in [0.25, 0.3) is 16.6 Å². The number of halogens is 3.